The minimum Gasteiger partial charge on any atom is -0.376 e. The van der Waals surface area contributed by atoms with Gasteiger partial charge in [0.1, 0.15) is 0 Å². The Morgan fingerprint density at radius 1 is 1.31 bits per heavy atom. The van der Waals surface area contributed by atoms with E-state index in [-0.39, 0.29) is 0 Å². The van der Waals surface area contributed by atoms with Crippen molar-refractivity contribution in [3.8, 4) is 0 Å². The minimum absolute atomic E-state index is 0.582. The van der Waals surface area contributed by atoms with Gasteiger partial charge in [-0.3, -0.25) is 0 Å². The molecule has 0 spiro atoms. The molecule has 0 aromatic heterocycles. The number of benzene rings is 1. The third-order valence-electron chi connectivity index (χ3n) is 2.84. The van der Waals surface area contributed by atoms with Crippen molar-refractivity contribution in [2.24, 2.45) is 5.92 Å². The van der Waals surface area contributed by atoms with E-state index in [0.29, 0.717) is 5.37 Å². The monoisotopic (exact) mass is 233 g/mol. The van der Waals surface area contributed by atoms with Gasteiger partial charge >= 0.3 is 0 Å². The first kappa shape index (κ1) is 11.6. The lowest BCUT2D eigenvalue weighted by Gasteiger charge is -2.17. The maximum atomic E-state index is 3.49. The van der Waals surface area contributed by atoms with Gasteiger partial charge in [0, 0.05) is 5.70 Å². The predicted octanol–water partition coefficient (Wildman–Crippen LogP) is 3.78. The molecule has 0 bridgehead atoms. The van der Waals surface area contributed by atoms with E-state index in [4.69, 9.17) is 0 Å². The second-order valence-corrected chi connectivity index (χ2v) is 5.68. The van der Waals surface area contributed by atoms with E-state index in [1.165, 1.54) is 24.1 Å². The third kappa shape index (κ3) is 3.31. The summed E-state index contributed by atoms with van der Waals surface area (Å²) < 4.78 is 0. The van der Waals surface area contributed by atoms with Crippen molar-refractivity contribution in [2.75, 3.05) is 0 Å². The molecule has 1 aliphatic heterocycles. The molecule has 0 aliphatic carbocycles. The molecule has 0 saturated carbocycles. The molecule has 1 aromatic carbocycles. The van der Waals surface area contributed by atoms with E-state index in [1.807, 2.05) is 11.8 Å². The predicted molar refractivity (Wildman–Crippen MR) is 72.2 cm³/mol. The van der Waals surface area contributed by atoms with Gasteiger partial charge in [-0.05, 0) is 36.7 Å². The topological polar surface area (TPSA) is 12.0 Å². The Balaban J connectivity index is 1.79. The molecule has 1 N–H and O–H groups in total. The molecule has 1 aliphatic rings. The van der Waals surface area contributed by atoms with Crippen molar-refractivity contribution >= 4 is 11.8 Å². The first-order valence-corrected chi connectivity index (χ1v) is 6.81. The maximum Gasteiger partial charge on any atom is 0.0763 e. The lowest BCUT2D eigenvalue weighted by atomic mass is 9.98. The zero-order chi connectivity index (χ0) is 11.4. The summed E-state index contributed by atoms with van der Waals surface area (Å²) in [6.45, 7) is 4.47. The fraction of sp³-hybridized carbons (Fsp3) is 0.429. The highest BCUT2D eigenvalue weighted by molar-refractivity contribution is 8.02. The number of rotatable bonds is 4. The van der Waals surface area contributed by atoms with Gasteiger partial charge in [0.2, 0.25) is 0 Å². The first-order valence-electron chi connectivity index (χ1n) is 5.87. The summed E-state index contributed by atoms with van der Waals surface area (Å²) in [7, 11) is 0. The van der Waals surface area contributed by atoms with Crippen LogP contribution in [0, 0.1) is 5.92 Å². The number of nitrogens with one attached hydrogen (secondary N) is 1. The molecule has 0 amide bonds. The molecule has 86 valence electrons. The van der Waals surface area contributed by atoms with Crippen LogP contribution in [-0.2, 0) is 6.42 Å². The van der Waals surface area contributed by atoms with E-state index in [0.717, 1.165) is 5.92 Å². The number of thioether (sulfide) groups is 1. The smallest absolute Gasteiger partial charge is 0.0763 e. The molecule has 2 rings (SSSR count). The summed E-state index contributed by atoms with van der Waals surface area (Å²) >= 11 is 1.92. The highest BCUT2D eigenvalue weighted by atomic mass is 32.2. The molecule has 2 heteroatoms. The van der Waals surface area contributed by atoms with Crippen LogP contribution in [0.2, 0.25) is 0 Å². The van der Waals surface area contributed by atoms with Crippen LogP contribution in [0.3, 0.4) is 0 Å². The van der Waals surface area contributed by atoms with Crippen LogP contribution < -0.4 is 5.32 Å². The van der Waals surface area contributed by atoms with E-state index < -0.39 is 0 Å². The lowest BCUT2D eigenvalue weighted by molar-refractivity contribution is 0.499. The Morgan fingerprint density at radius 3 is 2.69 bits per heavy atom. The number of allylic oxidation sites excluding steroid dienone is 1. The van der Waals surface area contributed by atoms with E-state index in [1.54, 1.807) is 0 Å². The molecule has 2 unspecified atom stereocenters. The molecule has 0 fully saturated rings. The Morgan fingerprint density at radius 2 is 2.06 bits per heavy atom. The summed E-state index contributed by atoms with van der Waals surface area (Å²) in [5, 5.41) is 6.30. The van der Waals surface area contributed by atoms with Gasteiger partial charge in [0.15, 0.2) is 0 Å². The molecule has 0 radical (unpaired) electrons. The Labute approximate surface area is 102 Å². The van der Waals surface area contributed by atoms with Crippen LogP contribution in [0.1, 0.15) is 25.8 Å². The second kappa shape index (κ2) is 5.44. The highest BCUT2D eigenvalue weighted by Crippen LogP contribution is 2.26. The summed E-state index contributed by atoms with van der Waals surface area (Å²) in [6.07, 6.45) is 2.41. The van der Waals surface area contributed by atoms with Crippen LogP contribution in [0.15, 0.2) is 41.4 Å². The van der Waals surface area contributed by atoms with Crippen LogP contribution in [0.25, 0.3) is 0 Å². The molecule has 2 atom stereocenters. The van der Waals surface area contributed by atoms with E-state index in [2.05, 4.69) is 54.9 Å². The van der Waals surface area contributed by atoms with Gasteiger partial charge in [0.25, 0.3) is 0 Å². The summed E-state index contributed by atoms with van der Waals surface area (Å²) in [4.78, 5) is 0. The average Bonchev–Trinajstić information content (AvgIpc) is 2.65. The Hall–Kier alpha value is -0.890. The quantitative estimate of drug-likeness (QED) is 0.849. The minimum atomic E-state index is 0.582. The van der Waals surface area contributed by atoms with E-state index in [9.17, 15) is 0 Å². The van der Waals surface area contributed by atoms with Gasteiger partial charge in [-0.25, -0.2) is 0 Å². The fourth-order valence-corrected chi connectivity index (χ4v) is 3.22. The zero-order valence-corrected chi connectivity index (χ0v) is 10.8. The summed E-state index contributed by atoms with van der Waals surface area (Å²) in [6, 6.07) is 10.8. The zero-order valence-electron chi connectivity index (χ0n) is 9.94. The second-order valence-electron chi connectivity index (χ2n) is 4.60. The van der Waals surface area contributed by atoms with Crippen LogP contribution in [0.5, 0.6) is 0 Å². The van der Waals surface area contributed by atoms with Crippen LogP contribution in [0.4, 0.5) is 0 Å². The summed E-state index contributed by atoms with van der Waals surface area (Å²) in [5.41, 5.74) is 2.75. The summed E-state index contributed by atoms with van der Waals surface area (Å²) in [5.74, 6) is 0.728. The van der Waals surface area contributed by atoms with Crippen molar-refractivity contribution < 1.29 is 0 Å². The largest absolute Gasteiger partial charge is 0.376 e. The molecule has 1 heterocycles. The maximum absolute atomic E-state index is 3.49. The highest BCUT2D eigenvalue weighted by Gasteiger charge is 2.17. The van der Waals surface area contributed by atoms with Crippen molar-refractivity contribution in [3.05, 3.63) is 47.0 Å². The SMILES string of the molecule is CC1=CSC(CC(C)Cc2ccccc2)N1. The standard InChI is InChI=1S/C14H19NS/c1-11(8-13-6-4-3-5-7-13)9-14-15-12(2)10-16-14/h3-7,10-11,14-15H,8-9H2,1-2H3. The van der Waals surface area contributed by atoms with Gasteiger partial charge < -0.3 is 5.32 Å². The normalized spacial score (nSPS) is 21.4. The number of hydrogen-bond donors (Lipinski definition) is 1. The molecule has 1 aromatic rings. The van der Waals surface area contributed by atoms with Crippen LogP contribution >= 0.6 is 11.8 Å². The fourth-order valence-electron chi connectivity index (χ4n) is 2.09. The Kier molecular flexibility index (Phi) is 3.94. The van der Waals surface area contributed by atoms with Gasteiger partial charge in [-0.15, -0.1) is 11.8 Å². The molecule has 1 nitrogen and oxygen atoms in total. The lowest BCUT2D eigenvalue weighted by Crippen LogP contribution is -2.22. The van der Waals surface area contributed by atoms with Crippen molar-refractivity contribution in [2.45, 2.75) is 32.1 Å². The average molecular weight is 233 g/mol. The van der Waals surface area contributed by atoms with Gasteiger partial charge in [0.05, 0.1) is 5.37 Å². The molecule has 16 heavy (non-hydrogen) atoms. The van der Waals surface area contributed by atoms with Crippen LogP contribution in [-0.4, -0.2) is 5.37 Å². The third-order valence-corrected chi connectivity index (χ3v) is 3.97. The van der Waals surface area contributed by atoms with Crippen molar-refractivity contribution in [1.29, 1.82) is 0 Å². The Bertz CT molecular complexity index is 358. The first-order chi connectivity index (χ1) is 7.74. The molecule has 0 saturated heterocycles. The number of hydrogen-bond acceptors (Lipinski definition) is 2. The van der Waals surface area contributed by atoms with Crippen molar-refractivity contribution in [3.63, 3.8) is 0 Å². The van der Waals surface area contributed by atoms with Gasteiger partial charge in [-0.1, -0.05) is 37.3 Å². The van der Waals surface area contributed by atoms with E-state index >= 15 is 0 Å². The van der Waals surface area contributed by atoms with Crippen molar-refractivity contribution in [1.82, 2.24) is 5.32 Å². The molecular formula is C14H19NS. The van der Waals surface area contributed by atoms with Gasteiger partial charge in [-0.2, -0.15) is 0 Å². The molecular weight excluding hydrogens is 214 g/mol.